The molecular formula is C27H31F5N6O3. The molecular weight excluding hydrogens is 551 g/mol. The SMILES string of the molecule is CCc1nocc1C(=O)N[C@H](c1cn2ncc(C(NC(=O)CCC(F)(F)F)C3CC3)cc2n1)C1CCC(F)(F)CC1. The zero-order valence-corrected chi connectivity index (χ0v) is 22.4. The van der Waals surface area contributed by atoms with Crippen molar-refractivity contribution in [2.24, 2.45) is 11.8 Å². The molecule has 0 radical (unpaired) electrons. The Balaban J connectivity index is 1.40. The van der Waals surface area contributed by atoms with Crippen LogP contribution in [0.3, 0.4) is 0 Å². The summed E-state index contributed by atoms with van der Waals surface area (Å²) in [6, 6.07) is 0.502. The van der Waals surface area contributed by atoms with Crippen molar-refractivity contribution in [2.75, 3.05) is 0 Å². The van der Waals surface area contributed by atoms with Crippen molar-refractivity contribution in [3.8, 4) is 0 Å². The van der Waals surface area contributed by atoms with Gasteiger partial charge in [-0.2, -0.15) is 18.3 Å². The number of carbonyl (C=O) groups excluding carboxylic acids is 2. The molecule has 2 atom stereocenters. The van der Waals surface area contributed by atoms with Crippen molar-refractivity contribution in [2.45, 2.75) is 88.9 Å². The fourth-order valence-corrected chi connectivity index (χ4v) is 5.38. The molecule has 3 heterocycles. The second kappa shape index (κ2) is 11.4. The summed E-state index contributed by atoms with van der Waals surface area (Å²) < 4.78 is 72.1. The number of hydrogen-bond donors (Lipinski definition) is 2. The summed E-state index contributed by atoms with van der Waals surface area (Å²) in [5.41, 5.74) is 2.17. The van der Waals surface area contributed by atoms with E-state index < -0.39 is 48.8 Å². The number of nitrogens with one attached hydrogen (secondary N) is 2. The normalized spacial score (nSPS) is 19.2. The Bertz CT molecular complexity index is 1390. The molecule has 5 rings (SSSR count). The largest absolute Gasteiger partial charge is 0.389 e. The zero-order valence-electron chi connectivity index (χ0n) is 22.4. The molecule has 2 aliphatic carbocycles. The Kier molecular flexibility index (Phi) is 8.02. The van der Waals surface area contributed by atoms with Crippen LogP contribution in [0.5, 0.6) is 0 Å². The van der Waals surface area contributed by atoms with Crippen molar-refractivity contribution >= 4 is 17.5 Å². The van der Waals surface area contributed by atoms with Gasteiger partial charge in [0.15, 0.2) is 5.65 Å². The number of hydrogen-bond acceptors (Lipinski definition) is 6. The average Bonchev–Trinajstić information content (AvgIpc) is 3.48. The highest BCUT2D eigenvalue weighted by molar-refractivity contribution is 5.95. The van der Waals surface area contributed by atoms with E-state index in [1.54, 1.807) is 12.3 Å². The topological polar surface area (TPSA) is 114 Å². The van der Waals surface area contributed by atoms with Gasteiger partial charge in [-0.25, -0.2) is 18.3 Å². The molecule has 0 aromatic carbocycles. The van der Waals surface area contributed by atoms with Gasteiger partial charge in [0.2, 0.25) is 11.8 Å². The highest BCUT2D eigenvalue weighted by Crippen LogP contribution is 2.43. The number of alkyl halides is 5. The molecule has 1 unspecified atom stereocenters. The van der Waals surface area contributed by atoms with Gasteiger partial charge in [0.05, 0.1) is 42.3 Å². The number of amides is 2. The highest BCUT2D eigenvalue weighted by atomic mass is 19.4. The minimum Gasteiger partial charge on any atom is -0.364 e. The lowest BCUT2D eigenvalue weighted by molar-refractivity contribution is -0.144. The summed E-state index contributed by atoms with van der Waals surface area (Å²) >= 11 is 0. The number of aromatic nitrogens is 4. The summed E-state index contributed by atoms with van der Waals surface area (Å²) in [7, 11) is 0. The van der Waals surface area contributed by atoms with Crippen molar-refractivity contribution in [3.63, 3.8) is 0 Å². The first-order chi connectivity index (χ1) is 19.4. The monoisotopic (exact) mass is 582 g/mol. The molecule has 2 aliphatic rings. The van der Waals surface area contributed by atoms with E-state index in [9.17, 15) is 31.5 Å². The lowest BCUT2D eigenvalue weighted by atomic mass is 9.81. The van der Waals surface area contributed by atoms with Crippen LogP contribution in [0, 0.1) is 11.8 Å². The number of aryl methyl sites for hydroxylation is 1. The van der Waals surface area contributed by atoms with E-state index in [2.05, 4.69) is 25.9 Å². The molecule has 0 bridgehead atoms. The first kappa shape index (κ1) is 28.9. The minimum atomic E-state index is -4.43. The number of nitrogens with zero attached hydrogens (tertiary/aromatic N) is 4. The van der Waals surface area contributed by atoms with E-state index in [1.807, 2.05) is 6.92 Å². The van der Waals surface area contributed by atoms with E-state index in [0.717, 1.165) is 12.8 Å². The van der Waals surface area contributed by atoms with E-state index in [1.165, 1.54) is 17.0 Å². The molecule has 9 nitrogen and oxygen atoms in total. The van der Waals surface area contributed by atoms with Crippen LogP contribution in [-0.2, 0) is 11.2 Å². The predicted octanol–water partition coefficient (Wildman–Crippen LogP) is 5.49. The summed E-state index contributed by atoms with van der Waals surface area (Å²) in [5.74, 6) is -4.13. The van der Waals surface area contributed by atoms with Gasteiger partial charge in [-0.05, 0) is 55.6 Å². The standard InChI is InChI=1S/C27H31F5N6O3/c1-2-19-18(14-41-37-19)25(40)36-24(16-5-8-26(28,29)9-6-16)20-13-38-21(34-20)11-17(12-33-38)23(15-3-4-15)35-22(39)7-10-27(30,31)32/h11-16,23-24H,2-10H2,1H3,(H,35,39)(H,36,40)/t23?,24-/m0/s1. The van der Waals surface area contributed by atoms with E-state index in [4.69, 9.17) is 4.52 Å². The number of carbonyl (C=O) groups is 2. The molecule has 3 aromatic heterocycles. The number of imidazole rings is 1. The van der Waals surface area contributed by atoms with Crippen LogP contribution in [0.15, 0.2) is 29.2 Å². The number of halogens is 5. The van der Waals surface area contributed by atoms with E-state index >= 15 is 0 Å². The van der Waals surface area contributed by atoms with Crippen molar-refractivity contribution in [1.82, 2.24) is 30.4 Å². The first-order valence-electron chi connectivity index (χ1n) is 13.8. The minimum absolute atomic E-state index is 0.0794. The van der Waals surface area contributed by atoms with Crippen LogP contribution in [0.2, 0.25) is 0 Å². The maximum atomic E-state index is 14.0. The summed E-state index contributed by atoms with van der Waals surface area (Å²) in [6.07, 6.45) is -0.0183. The molecule has 2 amide bonds. The molecule has 2 N–H and O–H groups in total. The third-order valence-electron chi connectivity index (χ3n) is 7.83. The third kappa shape index (κ3) is 7.02. The third-order valence-corrected chi connectivity index (χ3v) is 7.83. The fourth-order valence-electron chi connectivity index (χ4n) is 5.38. The molecule has 0 aliphatic heterocycles. The Morgan fingerprint density at radius 3 is 2.49 bits per heavy atom. The van der Waals surface area contributed by atoms with Gasteiger partial charge < -0.3 is 15.2 Å². The molecule has 41 heavy (non-hydrogen) atoms. The second-order valence-corrected chi connectivity index (χ2v) is 10.9. The molecule has 14 heteroatoms. The van der Waals surface area contributed by atoms with Crippen molar-refractivity contribution < 1.29 is 36.1 Å². The summed E-state index contributed by atoms with van der Waals surface area (Å²) in [5, 5.41) is 13.9. The van der Waals surface area contributed by atoms with Crippen LogP contribution in [0.1, 0.15) is 97.7 Å². The van der Waals surface area contributed by atoms with Crippen LogP contribution in [0.4, 0.5) is 22.0 Å². The molecule has 2 saturated carbocycles. The zero-order chi connectivity index (χ0) is 29.4. The van der Waals surface area contributed by atoms with Gasteiger partial charge >= 0.3 is 6.18 Å². The second-order valence-electron chi connectivity index (χ2n) is 10.9. The Labute approximate surface area is 232 Å². The average molecular weight is 583 g/mol. The van der Waals surface area contributed by atoms with Crippen molar-refractivity contribution in [3.05, 3.63) is 47.2 Å². The Hall–Kier alpha value is -3.58. The van der Waals surface area contributed by atoms with Crippen molar-refractivity contribution in [1.29, 1.82) is 0 Å². The maximum Gasteiger partial charge on any atom is 0.389 e. The van der Waals surface area contributed by atoms with Crippen LogP contribution < -0.4 is 10.6 Å². The fraction of sp³-hybridized carbons (Fsp3) is 0.593. The van der Waals surface area contributed by atoms with E-state index in [0.29, 0.717) is 29.0 Å². The van der Waals surface area contributed by atoms with Gasteiger partial charge in [-0.15, -0.1) is 0 Å². The predicted molar refractivity (Wildman–Crippen MR) is 135 cm³/mol. The molecule has 0 saturated heterocycles. The number of rotatable bonds is 10. The lowest BCUT2D eigenvalue weighted by Crippen LogP contribution is -2.37. The van der Waals surface area contributed by atoms with Crippen LogP contribution in [-0.4, -0.2) is 43.7 Å². The van der Waals surface area contributed by atoms with Gasteiger partial charge in [0.1, 0.15) is 11.8 Å². The van der Waals surface area contributed by atoms with Crippen LogP contribution in [0.25, 0.3) is 5.65 Å². The Morgan fingerprint density at radius 2 is 1.83 bits per heavy atom. The molecule has 0 spiro atoms. The van der Waals surface area contributed by atoms with E-state index in [-0.39, 0.29) is 43.1 Å². The smallest absolute Gasteiger partial charge is 0.364 e. The lowest BCUT2D eigenvalue weighted by Gasteiger charge is -2.33. The quantitative estimate of drug-likeness (QED) is 0.306. The van der Waals surface area contributed by atoms with Crippen LogP contribution >= 0.6 is 0 Å². The first-order valence-corrected chi connectivity index (χ1v) is 13.8. The summed E-state index contributed by atoms with van der Waals surface area (Å²) in [6.45, 7) is 1.83. The van der Waals surface area contributed by atoms with Gasteiger partial charge in [0, 0.05) is 19.3 Å². The van der Waals surface area contributed by atoms with Gasteiger partial charge in [-0.1, -0.05) is 12.1 Å². The Morgan fingerprint density at radius 1 is 1.12 bits per heavy atom. The maximum absolute atomic E-state index is 14.0. The van der Waals surface area contributed by atoms with Gasteiger partial charge in [-0.3, -0.25) is 9.59 Å². The molecule has 3 aromatic rings. The number of fused-ring (bicyclic) bond motifs is 1. The summed E-state index contributed by atoms with van der Waals surface area (Å²) in [4.78, 5) is 30.1. The van der Waals surface area contributed by atoms with Gasteiger partial charge in [0.25, 0.3) is 5.91 Å². The molecule has 2 fully saturated rings. The highest BCUT2D eigenvalue weighted by Gasteiger charge is 2.40. The molecule has 222 valence electrons.